The van der Waals surface area contributed by atoms with E-state index in [2.05, 4.69) is 26.5 Å². The van der Waals surface area contributed by atoms with Crippen molar-refractivity contribution >= 4 is 17.4 Å². The minimum Gasteiger partial charge on any atom is -0.340 e. The van der Waals surface area contributed by atoms with Gasteiger partial charge in [0.2, 0.25) is 5.89 Å². The smallest absolute Gasteiger partial charge is 0.256 e. The number of aryl methyl sites for hydroxylation is 2. The number of rotatable bonds is 4. The molecule has 2 aromatic heterocycles. The van der Waals surface area contributed by atoms with Gasteiger partial charge in [-0.25, -0.2) is 0 Å². The van der Waals surface area contributed by atoms with Gasteiger partial charge in [0.1, 0.15) is 0 Å². The van der Waals surface area contributed by atoms with Crippen LogP contribution in [0.3, 0.4) is 0 Å². The fraction of sp³-hybridized carbons (Fsp3) is 0.625. The first-order valence-electron chi connectivity index (χ1n) is 8.24. The van der Waals surface area contributed by atoms with Crippen LogP contribution in [0, 0.1) is 13.8 Å². The van der Waals surface area contributed by atoms with Gasteiger partial charge in [0.15, 0.2) is 5.82 Å². The van der Waals surface area contributed by atoms with Gasteiger partial charge in [0.25, 0.3) is 5.91 Å². The lowest BCUT2D eigenvalue weighted by molar-refractivity contribution is 0.0757. The zero-order valence-corrected chi connectivity index (χ0v) is 15.2. The van der Waals surface area contributed by atoms with Gasteiger partial charge in [0.05, 0.1) is 17.8 Å². The van der Waals surface area contributed by atoms with Crippen molar-refractivity contribution in [1.82, 2.24) is 24.3 Å². The number of nitrogens with zero attached hydrogens (tertiary/aromatic N) is 5. The number of carbonyl (C=O) groups is 1. The maximum absolute atomic E-state index is 12.7. The summed E-state index contributed by atoms with van der Waals surface area (Å²) in [6.07, 6.45) is 3.02. The monoisotopic (exact) mass is 349 g/mol. The zero-order valence-electron chi connectivity index (χ0n) is 14.4. The summed E-state index contributed by atoms with van der Waals surface area (Å²) >= 11 is 1.34. The molecule has 0 aromatic carbocycles. The third-order valence-electron chi connectivity index (χ3n) is 4.55. The van der Waals surface area contributed by atoms with E-state index in [0.29, 0.717) is 24.3 Å². The summed E-state index contributed by atoms with van der Waals surface area (Å²) in [5.41, 5.74) is 1.57. The lowest BCUT2D eigenvalue weighted by Crippen LogP contribution is -2.35. The van der Waals surface area contributed by atoms with E-state index in [1.807, 2.05) is 17.2 Å². The Morgan fingerprint density at radius 2 is 2.25 bits per heavy atom. The first kappa shape index (κ1) is 17.0. The van der Waals surface area contributed by atoms with Crippen molar-refractivity contribution in [3.63, 3.8) is 0 Å². The van der Waals surface area contributed by atoms with Crippen LogP contribution in [0.2, 0.25) is 0 Å². The molecule has 1 aliphatic rings. The highest BCUT2D eigenvalue weighted by molar-refractivity contribution is 7.03. The van der Waals surface area contributed by atoms with Gasteiger partial charge in [-0.3, -0.25) is 9.69 Å². The number of hydrogen-bond donors (Lipinski definition) is 0. The van der Waals surface area contributed by atoms with Crippen LogP contribution in [0.25, 0.3) is 0 Å². The maximum atomic E-state index is 12.7. The van der Waals surface area contributed by atoms with Gasteiger partial charge < -0.3 is 9.42 Å². The van der Waals surface area contributed by atoms with Gasteiger partial charge in [-0.05, 0) is 44.8 Å². The molecule has 1 fully saturated rings. The Hall–Kier alpha value is -1.80. The fourth-order valence-corrected chi connectivity index (χ4v) is 3.83. The number of aromatic nitrogens is 3. The largest absolute Gasteiger partial charge is 0.340 e. The SMILES string of the molecule is Cc1nc(CN(C)C2CCCN(C(=O)c3csnc3C)CC2)no1. The van der Waals surface area contributed by atoms with Crippen LogP contribution in [-0.4, -0.2) is 56.4 Å². The van der Waals surface area contributed by atoms with E-state index in [1.165, 1.54) is 11.5 Å². The van der Waals surface area contributed by atoms with E-state index in [4.69, 9.17) is 4.52 Å². The normalized spacial score (nSPS) is 18.8. The van der Waals surface area contributed by atoms with Crippen LogP contribution in [0.15, 0.2) is 9.90 Å². The van der Waals surface area contributed by atoms with E-state index in [1.54, 1.807) is 6.92 Å². The standard InChI is InChI=1S/C16H23N5O2S/c1-11-14(10-24-19-11)16(22)21-7-4-5-13(6-8-21)20(3)9-15-17-12(2)23-18-15/h10,13H,4-9H2,1-3H3. The van der Waals surface area contributed by atoms with E-state index in [-0.39, 0.29) is 5.91 Å². The predicted molar refractivity (Wildman–Crippen MR) is 90.9 cm³/mol. The molecule has 0 N–H and O–H groups in total. The van der Waals surface area contributed by atoms with E-state index < -0.39 is 0 Å². The van der Waals surface area contributed by atoms with Crippen molar-refractivity contribution in [1.29, 1.82) is 0 Å². The lowest BCUT2D eigenvalue weighted by Gasteiger charge is -2.26. The molecular weight excluding hydrogens is 326 g/mol. The lowest BCUT2D eigenvalue weighted by atomic mass is 10.1. The van der Waals surface area contributed by atoms with Gasteiger partial charge in [0, 0.05) is 31.4 Å². The molecule has 1 saturated heterocycles. The van der Waals surface area contributed by atoms with Crippen molar-refractivity contribution in [3.05, 3.63) is 28.4 Å². The molecule has 2 aromatic rings. The van der Waals surface area contributed by atoms with Gasteiger partial charge in [-0.1, -0.05) is 5.16 Å². The Morgan fingerprint density at radius 3 is 2.92 bits per heavy atom. The average molecular weight is 349 g/mol. The molecule has 130 valence electrons. The van der Waals surface area contributed by atoms with Gasteiger partial charge in [-0.2, -0.15) is 9.36 Å². The van der Waals surface area contributed by atoms with Crippen LogP contribution in [0.1, 0.15) is 47.0 Å². The Balaban J connectivity index is 1.58. The Bertz CT molecular complexity index is 698. The first-order chi connectivity index (χ1) is 11.5. The second-order valence-electron chi connectivity index (χ2n) is 6.34. The molecule has 0 spiro atoms. The maximum Gasteiger partial charge on any atom is 0.256 e. The van der Waals surface area contributed by atoms with Gasteiger partial charge in [-0.15, -0.1) is 0 Å². The molecule has 0 bridgehead atoms. The summed E-state index contributed by atoms with van der Waals surface area (Å²) in [7, 11) is 2.08. The Kier molecular flexibility index (Phi) is 5.25. The van der Waals surface area contributed by atoms with Crippen molar-refractivity contribution in [2.45, 2.75) is 45.7 Å². The van der Waals surface area contributed by atoms with Crippen LogP contribution >= 0.6 is 11.5 Å². The molecule has 7 nitrogen and oxygen atoms in total. The zero-order chi connectivity index (χ0) is 17.1. The average Bonchev–Trinajstić information content (AvgIpc) is 3.07. The number of carbonyl (C=O) groups excluding carboxylic acids is 1. The highest BCUT2D eigenvalue weighted by atomic mass is 32.1. The first-order valence-corrected chi connectivity index (χ1v) is 9.08. The second kappa shape index (κ2) is 7.40. The third kappa shape index (κ3) is 3.81. The second-order valence-corrected chi connectivity index (χ2v) is 6.96. The molecule has 24 heavy (non-hydrogen) atoms. The summed E-state index contributed by atoms with van der Waals surface area (Å²) in [6.45, 7) is 5.94. The van der Waals surface area contributed by atoms with Crippen LogP contribution in [0.4, 0.5) is 0 Å². The predicted octanol–water partition coefficient (Wildman–Crippen LogP) is 2.27. The molecule has 0 radical (unpaired) electrons. The summed E-state index contributed by atoms with van der Waals surface area (Å²) in [5, 5.41) is 5.81. The summed E-state index contributed by atoms with van der Waals surface area (Å²) < 4.78 is 9.24. The van der Waals surface area contributed by atoms with Crippen molar-refractivity contribution in [3.8, 4) is 0 Å². The molecule has 3 heterocycles. The number of amides is 1. The number of hydrogen-bond acceptors (Lipinski definition) is 7. The van der Waals surface area contributed by atoms with Crippen LogP contribution in [0.5, 0.6) is 0 Å². The third-order valence-corrected chi connectivity index (χ3v) is 5.27. The van der Waals surface area contributed by atoms with E-state index >= 15 is 0 Å². The van der Waals surface area contributed by atoms with E-state index in [9.17, 15) is 4.79 Å². The molecule has 0 saturated carbocycles. The molecular formula is C16H23N5O2S. The van der Waals surface area contributed by atoms with Crippen LogP contribution in [-0.2, 0) is 6.54 Å². The summed E-state index contributed by atoms with van der Waals surface area (Å²) in [6, 6.07) is 0.420. The minimum atomic E-state index is 0.110. The molecule has 1 unspecified atom stereocenters. The molecule has 0 aliphatic carbocycles. The highest BCUT2D eigenvalue weighted by Crippen LogP contribution is 2.20. The molecule has 1 aliphatic heterocycles. The molecule has 8 heteroatoms. The molecule has 1 atom stereocenters. The minimum absolute atomic E-state index is 0.110. The summed E-state index contributed by atoms with van der Waals surface area (Å²) in [5.74, 6) is 1.42. The van der Waals surface area contributed by atoms with E-state index in [0.717, 1.165) is 43.6 Å². The summed E-state index contributed by atoms with van der Waals surface area (Å²) in [4.78, 5) is 21.1. The highest BCUT2D eigenvalue weighted by Gasteiger charge is 2.25. The molecule has 3 rings (SSSR count). The Labute approximate surface area is 145 Å². The van der Waals surface area contributed by atoms with Gasteiger partial charge >= 0.3 is 0 Å². The topological polar surface area (TPSA) is 75.4 Å². The van der Waals surface area contributed by atoms with Crippen molar-refractivity contribution in [2.75, 3.05) is 20.1 Å². The van der Waals surface area contributed by atoms with Crippen molar-refractivity contribution in [2.24, 2.45) is 0 Å². The van der Waals surface area contributed by atoms with Crippen LogP contribution < -0.4 is 0 Å². The molecule has 1 amide bonds. The Morgan fingerprint density at radius 1 is 1.42 bits per heavy atom. The fourth-order valence-electron chi connectivity index (χ4n) is 3.15. The number of likely N-dealkylation sites (tertiary alicyclic amines) is 1. The van der Waals surface area contributed by atoms with Crippen molar-refractivity contribution < 1.29 is 9.32 Å². The quantitative estimate of drug-likeness (QED) is 0.843.